The Balaban J connectivity index is 2.45. The highest BCUT2D eigenvalue weighted by molar-refractivity contribution is 7.14. The SMILES string of the molecule is Cc1csc(NC(=O)C(=O)NCCCl)n1. The summed E-state index contributed by atoms with van der Waals surface area (Å²) in [6, 6.07) is 0. The number of nitrogens with one attached hydrogen (secondary N) is 2. The van der Waals surface area contributed by atoms with E-state index in [4.69, 9.17) is 11.6 Å². The maximum absolute atomic E-state index is 11.2. The molecule has 15 heavy (non-hydrogen) atoms. The number of amides is 2. The van der Waals surface area contributed by atoms with Gasteiger partial charge in [0.1, 0.15) is 0 Å². The van der Waals surface area contributed by atoms with Crippen LogP contribution in [-0.4, -0.2) is 29.2 Å². The van der Waals surface area contributed by atoms with Gasteiger partial charge >= 0.3 is 11.8 Å². The van der Waals surface area contributed by atoms with Crippen LogP contribution in [0.4, 0.5) is 5.13 Å². The Bertz CT molecular complexity index is 367. The molecule has 0 aromatic carbocycles. The molecular formula is C8H10ClN3O2S. The van der Waals surface area contributed by atoms with Crippen LogP contribution in [0, 0.1) is 6.92 Å². The molecule has 1 aromatic rings. The molecule has 0 aliphatic heterocycles. The average molecular weight is 248 g/mol. The standard InChI is InChI=1S/C8H10ClN3O2S/c1-5-4-15-8(11-5)12-7(14)6(13)10-3-2-9/h4H,2-3H2,1H3,(H,10,13)(H,11,12,14). The van der Waals surface area contributed by atoms with Crippen molar-refractivity contribution in [2.75, 3.05) is 17.7 Å². The second kappa shape index (κ2) is 5.67. The van der Waals surface area contributed by atoms with Crippen molar-refractivity contribution in [2.24, 2.45) is 0 Å². The first-order valence-electron chi connectivity index (χ1n) is 4.20. The first-order valence-corrected chi connectivity index (χ1v) is 5.62. The van der Waals surface area contributed by atoms with Crippen LogP contribution in [0.3, 0.4) is 0 Å². The fourth-order valence-electron chi connectivity index (χ4n) is 0.806. The van der Waals surface area contributed by atoms with Crippen molar-refractivity contribution < 1.29 is 9.59 Å². The fraction of sp³-hybridized carbons (Fsp3) is 0.375. The molecule has 2 N–H and O–H groups in total. The van der Waals surface area contributed by atoms with Crippen molar-refractivity contribution in [3.05, 3.63) is 11.1 Å². The van der Waals surface area contributed by atoms with Crippen LogP contribution in [0.25, 0.3) is 0 Å². The number of anilines is 1. The van der Waals surface area contributed by atoms with E-state index in [9.17, 15) is 9.59 Å². The Morgan fingerprint density at radius 2 is 2.27 bits per heavy atom. The van der Waals surface area contributed by atoms with E-state index in [1.54, 1.807) is 12.3 Å². The zero-order valence-corrected chi connectivity index (χ0v) is 9.61. The Morgan fingerprint density at radius 1 is 1.53 bits per heavy atom. The Morgan fingerprint density at radius 3 is 2.80 bits per heavy atom. The number of carbonyl (C=O) groups is 2. The van der Waals surface area contributed by atoms with Crippen LogP contribution in [0.15, 0.2) is 5.38 Å². The summed E-state index contributed by atoms with van der Waals surface area (Å²) < 4.78 is 0. The molecule has 0 radical (unpaired) electrons. The van der Waals surface area contributed by atoms with Crippen molar-refractivity contribution in [2.45, 2.75) is 6.92 Å². The second-order valence-electron chi connectivity index (χ2n) is 2.69. The van der Waals surface area contributed by atoms with Crippen molar-refractivity contribution in [3.63, 3.8) is 0 Å². The maximum atomic E-state index is 11.2. The van der Waals surface area contributed by atoms with E-state index in [1.807, 2.05) is 0 Å². The lowest BCUT2D eigenvalue weighted by Gasteiger charge is -2.01. The van der Waals surface area contributed by atoms with E-state index in [-0.39, 0.29) is 12.4 Å². The maximum Gasteiger partial charge on any atom is 0.315 e. The van der Waals surface area contributed by atoms with Gasteiger partial charge in [0.25, 0.3) is 0 Å². The summed E-state index contributed by atoms with van der Waals surface area (Å²) in [5, 5.41) is 6.94. The molecule has 0 aliphatic carbocycles. The minimum absolute atomic E-state index is 0.269. The van der Waals surface area contributed by atoms with E-state index in [2.05, 4.69) is 15.6 Å². The number of alkyl halides is 1. The molecule has 0 saturated heterocycles. The molecule has 7 heteroatoms. The predicted molar refractivity (Wildman–Crippen MR) is 59.2 cm³/mol. The van der Waals surface area contributed by atoms with Crippen LogP contribution in [-0.2, 0) is 9.59 Å². The summed E-state index contributed by atoms with van der Waals surface area (Å²) in [5.74, 6) is -1.16. The summed E-state index contributed by atoms with van der Waals surface area (Å²) in [5.41, 5.74) is 0.802. The summed E-state index contributed by atoms with van der Waals surface area (Å²) in [6.07, 6.45) is 0. The van der Waals surface area contributed by atoms with E-state index < -0.39 is 11.8 Å². The van der Waals surface area contributed by atoms with E-state index in [0.717, 1.165) is 5.69 Å². The van der Waals surface area contributed by atoms with Crippen molar-refractivity contribution in [1.29, 1.82) is 0 Å². The van der Waals surface area contributed by atoms with Gasteiger partial charge in [0.2, 0.25) is 0 Å². The molecule has 5 nitrogen and oxygen atoms in total. The molecule has 0 unspecified atom stereocenters. The molecule has 82 valence electrons. The highest BCUT2D eigenvalue weighted by atomic mass is 35.5. The third-order valence-electron chi connectivity index (χ3n) is 1.43. The van der Waals surface area contributed by atoms with Crippen molar-refractivity contribution in [3.8, 4) is 0 Å². The Labute approximate surface area is 95.8 Å². The zero-order chi connectivity index (χ0) is 11.3. The van der Waals surface area contributed by atoms with E-state index in [0.29, 0.717) is 5.13 Å². The van der Waals surface area contributed by atoms with Crippen molar-refractivity contribution >= 4 is 39.9 Å². The van der Waals surface area contributed by atoms with Gasteiger partial charge in [0.05, 0.1) is 5.69 Å². The van der Waals surface area contributed by atoms with Gasteiger partial charge in [0.15, 0.2) is 5.13 Å². The van der Waals surface area contributed by atoms with Crippen LogP contribution < -0.4 is 10.6 Å². The number of carbonyl (C=O) groups excluding carboxylic acids is 2. The summed E-state index contributed by atoms with van der Waals surface area (Å²) >= 11 is 6.63. The van der Waals surface area contributed by atoms with Crippen LogP contribution in [0.5, 0.6) is 0 Å². The second-order valence-corrected chi connectivity index (χ2v) is 3.93. The van der Waals surface area contributed by atoms with Crippen LogP contribution in [0.2, 0.25) is 0 Å². The normalized spacial score (nSPS) is 9.73. The smallest absolute Gasteiger partial charge is 0.315 e. The summed E-state index contributed by atoms with van der Waals surface area (Å²) in [7, 11) is 0. The largest absolute Gasteiger partial charge is 0.347 e. The lowest BCUT2D eigenvalue weighted by Crippen LogP contribution is -2.36. The molecule has 0 fully saturated rings. The van der Waals surface area contributed by atoms with Gasteiger partial charge in [-0.05, 0) is 6.92 Å². The first kappa shape index (κ1) is 11.9. The number of aryl methyl sites for hydroxylation is 1. The predicted octanol–water partition coefficient (Wildman–Crippen LogP) is 0.745. The Hall–Kier alpha value is -1.14. The lowest BCUT2D eigenvalue weighted by atomic mass is 10.5. The molecule has 0 bridgehead atoms. The van der Waals surface area contributed by atoms with Crippen LogP contribution >= 0.6 is 22.9 Å². The molecule has 0 atom stereocenters. The minimum Gasteiger partial charge on any atom is -0.347 e. The number of thiazole rings is 1. The van der Waals surface area contributed by atoms with E-state index in [1.165, 1.54) is 11.3 Å². The highest BCUT2D eigenvalue weighted by Gasteiger charge is 2.13. The zero-order valence-electron chi connectivity index (χ0n) is 8.04. The third-order valence-corrected chi connectivity index (χ3v) is 2.49. The lowest BCUT2D eigenvalue weighted by molar-refractivity contribution is -0.136. The molecule has 1 heterocycles. The number of rotatable bonds is 3. The molecule has 1 aromatic heterocycles. The molecule has 0 aliphatic rings. The number of hydrogen-bond acceptors (Lipinski definition) is 4. The van der Waals surface area contributed by atoms with Crippen LogP contribution in [0.1, 0.15) is 5.69 Å². The summed E-state index contributed by atoms with van der Waals surface area (Å²) in [6.45, 7) is 2.07. The highest BCUT2D eigenvalue weighted by Crippen LogP contribution is 2.13. The number of halogens is 1. The van der Waals surface area contributed by atoms with Gasteiger partial charge in [-0.1, -0.05) is 0 Å². The van der Waals surface area contributed by atoms with Gasteiger partial charge in [0, 0.05) is 17.8 Å². The topological polar surface area (TPSA) is 71.1 Å². The average Bonchev–Trinajstić information content (AvgIpc) is 2.60. The first-order chi connectivity index (χ1) is 7.13. The summed E-state index contributed by atoms with van der Waals surface area (Å²) in [4.78, 5) is 26.3. The number of nitrogens with zero attached hydrogens (tertiary/aromatic N) is 1. The molecule has 0 saturated carbocycles. The van der Waals surface area contributed by atoms with Gasteiger partial charge in [-0.25, -0.2) is 4.98 Å². The third kappa shape index (κ3) is 3.85. The quantitative estimate of drug-likeness (QED) is 0.612. The van der Waals surface area contributed by atoms with E-state index >= 15 is 0 Å². The van der Waals surface area contributed by atoms with Crippen molar-refractivity contribution in [1.82, 2.24) is 10.3 Å². The number of aromatic nitrogens is 1. The molecule has 2 amide bonds. The molecule has 0 spiro atoms. The Kier molecular flexibility index (Phi) is 4.51. The van der Waals surface area contributed by atoms with Gasteiger partial charge in [-0.15, -0.1) is 22.9 Å². The van der Waals surface area contributed by atoms with Gasteiger partial charge in [-0.3, -0.25) is 14.9 Å². The van der Waals surface area contributed by atoms with Gasteiger partial charge < -0.3 is 5.32 Å². The van der Waals surface area contributed by atoms with Gasteiger partial charge in [-0.2, -0.15) is 0 Å². The molecule has 1 rings (SSSR count). The minimum atomic E-state index is -0.727. The fourth-order valence-corrected chi connectivity index (χ4v) is 1.58. The molecular weight excluding hydrogens is 238 g/mol. The monoisotopic (exact) mass is 247 g/mol. The number of hydrogen-bond donors (Lipinski definition) is 2.